The van der Waals surface area contributed by atoms with E-state index in [1.54, 1.807) is 52.4 Å². The van der Waals surface area contributed by atoms with Gasteiger partial charge in [-0.15, -0.1) is 21.9 Å². The van der Waals surface area contributed by atoms with Crippen LogP contribution >= 0.6 is 44.7 Å². The van der Waals surface area contributed by atoms with E-state index in [1.807, 2.05) is 49.6 Å². The summed E-state index contributed by atoms with van der Waals surface area (Å²) in [5.74, 6) is -1.83. The predicted octanol–water partition coefficient (Wildman–Crippen LogP) is 8.92. The fourth-order valence-electron chi connectivity index (χ4n) is 5.08. The highest BCUT2D eigenvalue weighted by Crippen LogP contribution is 2.44. The minimum absolute atomic E-state index is 0.000485. The van der Waals surface area contributed by atoms with Crippen molar-refractivity contribution in [2.75, 3.05) is 26.1 Å². The Balaban J connectivity index is 1.32. The Bertz CT molecular complexity index is 1950. The molecule has 0 fully saturated rings. The van der Waals surface area contributed by atoms with Gasteiger partial charge in [-0.05, 0) is 119 Å². The van der Waals surface area contributed by atoms with Crippen LogP contribution in [0.2, 0.25) is 0 Å². The van der Waals surface area contributed by atoms with E-state index in [2.05, 4.69) is 4.84 Å². The number of carbonyl (C=O) groups excluding carboxylic acids is 2. The second kappa shape index (κ2) is 16.9. The largest absolute Gasteiger partial charge is 0.448 e. The average molecular weight is 740 g/mol. The lowest BCUT2D eigenvalue weighted by Gasteiger charge is -2.18. The van der Waals surface area contributed by atoms with Gasteiger partial charge in [-0.25, -0.2) is 9.18 Å². The molecule has 0 saturated carbocycles. The third kappa shape index (κ3) is 9.70. The predicted molar refractivity (Wildman–Crippen MR) is 192 cm³/mol. The minimum Gasteiger partial charge on any atom is -0.448 e. The van der Waals surface area contributed by atoms with Gasteiger partial charge in [0.2, 0.25) is 6.10 Å². The standard InChI is InChI=1S/C35H30FNO8S4/c1-21-28(16-22-4-11-26(47-2)12-5-22)27-13-8-24(36)17-30(27)29(21)18-33(38)45-31(20-42-14-3-15-43-37(40)41)35(39)44-25-9-6-23(7-10-25)32-19-34(46)49-48-32/h4-13,16-17,19,31H,3,14-15,18,20H2,1-2H3/b28-16-. The zero-order chi connectivity index (χ0) is 34.9. The van der Waals surface area contributed by atoms with Crippen molar-refractivity contribution in [1.82, 2.24) is 0 Å². The van der Waals surface area contributed by atoms with Crippen molar-refractivity contribution in [2.24, 2.45) is 0 Å². The van der Waals surface area contributed by atoms with Crippen LogP contribution in [0.5, 0.6) is 5.75 Å². The number of hydrogen-bond acceptors (Lipinski definition) is 12. The molecule has 14 heteroatoms. The van der Waals surface area contributed by atoms with Gasteiger partial charge in [0, 0.05) is 16.4 Å². The Morgan fingerprint density at radius 3 is 2.45 bits per heavy atom. The Morgan fingerprint density at radius 1 is 1.02 bits per heavy atom. The smallest absolute Gasteiger partial charge is 0.355 e. The monoisotopic (exact) mass is 739 g/mol. The van der Waals surface area contributed by atoms with Gasteiger partial charge in [-0.2, -0.15) is 0 Å². The molecule has 0 spiro atoms. The van der Waals surface area contributed by atoms with E-state index in [4.69, 9.17) is 26.4 Å². The molecule has 3 aromatic carbocycles. The summed E-state index contributed by atoms with van der Waals surface area (Å²) < 4.78 is 31.9. The van der Waals surface area contributed by atoms with Crippen molar-refractivity contribution in [3.63, 3.8) is 0 Å². The van der Waals surface area contributed by atoms with Crippen LogP contribution in [0.1, 0.15) is 36.5 Å². The molecule has 1 aliphatic carbocycles. The third-order valence-electron chi connectivity index (χ3n) is 7.46. The van der Waals surface area contributed by atoms with Gasteiger partial charge in [0.05, 0.1) is 19.6 Å². The second-order valence-electron chi connectivity index (χ2n) is 10.7. The highest BCUT2D eigenvalue weighted by Gasteiger charge is 2.30. The molecule has 1 atom stereocenters. The number of carbonyl (C=O) groups is 2. The summed E-state index contributed by atoms with van der Waals surface area (Å²) in [5.41, 5.74) is 5.40. The molecule has 0 bridgehead atoms. The molecule has 0 amide bonds. The van der Waals surface area contributed by atoms with Crippen LogP contribution in [-0.4, -0.2) is 49.2 Å². The van der Waals surface area contributed by atoms with Gasteiger partial charge in [0.1, 0.15) is 15.4 Å². The molecule has 1 aliphatic rings. The number of halogens is 1. The molecule has 0 aliphatic heterocycles. The van der Waals surface area contributed by atoms with Gasteiger partial charge >= 0.3 is 11.9 Å². The molecule has 9 nitrogen and oxygen atoms in total. The Hall–Kier alpha value is -4.21. The van der Waals surface area contributed by atoms with Gasteiger partial charge in [-0.1, -0.05) is 51.1 Å². The molecule has 5 rings (SSSR count). The van der Waals surface area contributed by atoms with Crippen LogP contribution < -0.4 is 4.74 Å². The summed E-state index contributed by atoms with van der Waals surface area (Å²) in [6.45, 7) is 1.30. The van der Waals surface area contributed by atoms with E-state index in [0.717, 1.165) is 41.4 Å². The second-order valence-corrected chi connectivity index (χ2v) is 14.5. The molecule has 1 unspecified atom stereocenters. The number of hydrogen-bond donors (Lipinski definition) is 0. The first-order valence-electron chi connectivity index (χ1n) is 14.9. The van der Waals surface area contributed by atoms with E-state index in [1.165, 1.54) is 22.5 Å². The fourth-order valence-corrected chi connectivity index (χ4v) is 7.89. The Morgan fingerprint density at radius 2 is 1.78 bits per heavy atom. The van der Waals surface area contributed by atoms with Crippen LogP contribution in [0, 0.1) is 19.8 Å². The molecule has 1 aromatic heterocycles. The number of nitrogens with zero attached hydrogens (tertiary/aromatic N) is 1. The van der Waals surface area contributed by atoms with Crippen LogP contribution in [0.3, 0.4) is 0 Å². The molecule has 4 aromatic rings. The summed E-state index contributed by atoms with van der Waals surface area (Å²) in [6.07, 6.45) is 2.46. The van der Waals surface area contributed by atoms with Crippen LogP contribution in [0.25, 0.3) is 27.7 Å². The average Bonchev–Trinajstić information content (AvgIpc) is 3.62. The maximum atomic E-state index is 14.5. The number of rotatable bonds is 15. The van der Waals surface area contributed by atoms with Crippen molar-refractivity contribution in [3.05, 3.63) is 115 Å². The number of esters is 2. The first-order chi connectivity index (χ1) is 23.6. The van der Waals surface area contributed by atoms with Gasteiger partial charge in [0.25, 0.3) is 5.09 Å². The highest BCUT2D eigenvalue weighted by molar-refractivity contribution is 7.98. The van der Waals surface area contributed by atoms with Crippen molar-refractivity contribution in [2.45, 2.75) is 30.8 Å². The zero-order valence-corrected chi connectivity index (χ0v) is 29.6. The van der Waals surface area contributed by atoms with Crippen LogP contribution in [0.15, 0.2) is 83.3 Å². The van der Waals surface area contributed by atoms with Gasteiger partial charge in [-0.3, -0.25) is 4.79 Å². The van der Waals surface area contributed by atoms with Crippen molar-refractivity contribution in [3.8, 4) is 16.2 Å². The molecular weight excluding hydrogens is 710 g/mol. The van der Waals surface area contributed by atoms with E-state index < -0.39 is 28.9 Å². The van der Waals surface area contributed by atoms with Crippen molar-refractivity contribution < 1.29 is 38.1 Å². The van der Waals surface area contributed by atoms with E-state index in [9.17, 15) is 24.1 Å². The van der Waals surface area contributed by atoms with E-state index in [0.29, 0.717) is 11.1 Å². The maximum absolute atomic E-state index is 14.5. The van der Waals surface area contributed by atoms with Crippen LogP contribution in [0.4, 0.5) is 4.39 Å². The summed E-state index contributed by atoms with van der Waals surface area (Å²) >= 11 is 6.85. The minimum atomic E-state index is -1.45. The number of fused-ring (bicyclic) bond motifs is 1. The quantitative estimate of drug-likeness (QED) is 0.0171. The van der Waals surface area contributed by atoms with Gasteiger partial charge < -0.3 is 19.0 Å². The molecule has 0 radical (unpaired) electrons. The Labute approximate surface area is 298 Å². The van der Waals surface area contributed by atoms with E-state index >= 15 is 0 Å². The first kappa shape index (κ1) is 36.1. The normalized spacial score (nSPS) is 13.7. The number of allylic oxidation sites excluding steroid dienone is 2. The number of thioether (sulfide) groups is 1. The molecule has 1 heterocycles. The summed E-state index contributed by atoms with van der Waals surface area (Å²) in [6, 6.07) is 21.2. The lowest BCUT2D eigenvalue weighted by Crippen LogP contribution is -2.35. The topological polar surface area (TPSA) is 114 Å². The zero-order valence-electron chi connectivity index (χ0n) is 26.3. The van der Waals surface area contributed by atoms with Crippen molar-refractivity contribution in [1.29, 1.82) is 0 Å². The first-order valence-corrected chi connectivity index (χ1v) is 18.7. The SMILES string of the molecule is CSc1ccc(/C=C2/C(C)=C(CC(=O)OC(COCCCO[N+](=O)[O-])C(=O)Oc3ccc(-c4cc(=S)ss4)cc3)c3cc(F)ccc32)cc1. The summed E-state index contributed by atoms with van der Waals surface area (Å²) in [7, 11) is 3.03. The Kier molecular flexibility index (Phi) is 12.5. The maximum Gasteiger partial charge on any atom is 0.355 e. The molecule has 0 saturated heterocycles. The fraction of sp³-hybridized carbons (Fsp3) is 0.229. The summed E-state index contributed by atoms with van der Waals surface area (Å²) in [4.78, 5) is 43.5. The van der Waals surface area contributed by atoms with Crippen molar-refractivity contribution >= 4 is 73.8 Å². The molecule has 0 N–H and O–H groups in total. The number of ether oxygens (including phenoxy) is 3. The summed E-state index contributed by atoms with van der Waals surface area (Å²) in [5, 5.41) is 9.51. The lowest BCUT2D eigenvalue weighted by molar-refractivity contribution is -0.757. The van der Waals surface area contributed by atoms with Crippen LogP contribution in [-0.2, 0) is 23.9 Å². The molecule has 49 heavy (non-hydrogen) atoms. The highest BCUT2D eigenvalue weighted by atomic mass is 32.9. The molecular formula is C35H30FNO8S4. The lowest BCUT2D eigenvalue weighted by atomic mass is 10.0. The van der Waals surface area contributed by atoms with E-state index in [-0.39, 0.29) is 38.4 Å². The molecule has 254 valence electrons. The van der Waals surface area contributed by atoms with Gasteiger partial charge in [0.15, 0.2) is 0 Å². The third-order valence-corrected chi connectivity index (χ3v) is 11.1. The number of benzene rings is 3.